The van der Waals surface area contributed by atoms with Crippen LogP contribution in [0.5, 0.6) is 0 Å². The minimum atomic E-state index is 0.108. The predicted octanol–water partition coefficient (Wildman–Crippen LogP) is 1.95. The second kappa shape index (κ2) is 5.52. The van der Waals surface area contributed by atoms with Crippen molar-refractivity contribution in [2.24, 2.45) is 0 Å². The highest BCUT2D eigenvalue weighted by molar-refractivity contribution is 6.17. The molecule has 0 saturated carbocycles. The number of hydrogen-bond acceptors (Lipinski definition) is 4. The largest absolute Gasteiger partial charge is 0.340 e. The molecule has 0 radical (unpaired) electrons. The summed E-state index contributed by atoms with van der Waals surface area (Å²) in [6, 6.07) is 2.23. The first-order chi connectivity index (χ1) is 7.19. The Bertz CT molecular complexity index is 343. The maximum absolute atomic E-state index is 8.58. The summed E-state index contributed by atoms with van der Waals surface area (Å²) in [4.78, 5) is 10.2. The maximum Gasteiger partial charge on any atom is 0.225 e. The third-order valence-corrected chi connectivity index (χ3v) is 2.52. The van der Waals surface area contributed by atoms with Gasteiger partial charge in [0.1, 0.15) is 0 Å². The highest BCUT2D eigenvalue weighted by Gasteiger charge is 2.11. The van der Waals surface area contributed by atoms with Gasteiger partial charge in [-0.2, -0.15) is 5.26 Å². The zero-order valence-electron chi connectivity index (χ0n) is 8.81. The molecule has 1 aromatic heterocycles. The normalized spacial score (nSPS) is 11.9. The number of aromatic nitrogens is 2. The summed E-state index contributed by atoms with van der Waals surface area (Å²) in [5.74, 6) is 1.03. The number of nitriles is 1. The van der Waals surface area contributed by atoms with Crippen molar-refractivity contribution in [1.29, 1.82) is 5.26 Å². The Balaban J connectivity index is 2.74. The summed E-state index contributed by atoms with van der Waals surface area (Å²) in [5.41, 5.74) is 0.891. The van der Waals surface area contributed by atoms with Crippen LogP contribution < -0.4 is 4.90 Å². The Hall–Kier alpha value is -1.34. The van der Waals surface area contributed by atoms with E-state index in [1.54, 1.807) is 12.4 Å². The molecule has 5 heteroatoms. The Kier molecular flexibility index (Phi) is 4.32. The molecule has 0 aliphatic rings. The van der Waals surface area contributed by atoms with Crippen LogP contribution in [0.2, 0.25) is 0 Å². The first-order valence-corrected chi connectivity index (χ1v) is 5.19. The van der Waals surface area contributed by atoms with Crippen molar-refractivity contribution in [3.05, 3.63) is 18.0 Å². The molecule has 1 unspecified atom stereocenters. The molecule has 80 valence electrons. The molecule has 0 aliphatic carbocycles. The lowest BCUT2D eigenvalue weighted by Gasteiger charge is -2.22. The van der Waals surface area contributed by atoms with E-state index in [9.17, 15) is 0 Å². The molecule has 1 aromatic rings. The zero-order valence-corrected chi connectivity index (χ0v) is 9.57. The average molecular weight is 225 g/mol. The molecule has 0 aromatic carbocycles. The molecule has 0 spiro atoms. The minimum absolute atomic E-state index is 0.108. The molecule has 0 N–H and O–H groups in total. The quantitative estimate of drug-likeness (QED) is 0.734. The van der Waals surface area contributed by atoms with Gasteiger partial charge in [0, 0.05) is 31.0 Å². The summed E-state index contributed by atoms with van der Waals surface area (Å²) in [7, 11) is 1.87. The van der Waals surface area contributed by atoms with E-state index in [2.05, 4.69) is 16.0 Å². The lowest BCUT2D eigenvalue weighted by molar-refractivity contribution is 0.682. The fraction of sp³-hybridized carbons (Fsp3) is 0.500. The van der Waals surface area contributed by atoms with Gasteiger partial charge in [-0.3, -0.25) is 0 Å². The number of halogens is 1. The molecule has 0 amide bonds. The SMILES string of the molecule is CC(CC#N)N(C)c1ncc(CCl)cn1. The molecule has 1 heterocycles. The van der Waals surface area contributed by atoms with E-state index in [-0.39, 0.29) is 6.04 Å². The van der Waals surface area contributed by atoms with Crippen LogP contribution >= 0.6 is 11.6 Å². The van der Waals surface area contributed by atoms with Gasteiger partial charge in [0.15, 0.2) is 0 Å². The Morgan fingerprint density at radius 2 is 2.13 bits per heavy atom. The van der Waals surface area contributed by atoms with Crippen molar-refractivity contribution in [2.75, 3.05) is 11.9 Å². The third kappa shape index (κ3) is 3.07. The average Bonchev–Trinajstić information content (AvgIpc) is 2.28. The summed E-state index contributed by atoms with van der Waals surface area (Å²) < 4.78 is 0. The second-order valence-corrected chi connectivity index (χ2v) is 3.61. The van der Waals surface area contributed by atoms with E-state index in [1.165, 1.54) is 0 Å². The van der Waals surface area contributed by atoms with E-state index in [1.807, 2.05) is 18.9 Å². The number of nitrogens with zero attached hydrogens (tertiary/aromatic N) is 4. The van der Waals surface area contributed by atoms with Gasteiger partial charge in [-0.05, 0) is 6.92 Å². The van der Waals surface area contributed by atoms with E-state index in [0.717, 1.165) is 5.56 Å². The zero-order chi connectivity index (χ0) is 11.3. The van der Waals surface area contributed by atoms with Crippen LogP contribution in [0.25, 0.3) is 0 Å². The number of anilines is 1. The Labute approximate surface area is 94.5 Å². The lowest BCUT2D eigenvalue weighted by Crippen LogP contribution is -2.29. The molecular weight excluding hydrogens is 212 g/mol. The van der Waals surface area contributed by atoms with Crippen LogP contribution in [0, 0.1) is 11.3 Å². The second-order valence-electron chi connectivity index (χ2n) is 3.35. The smallest absolute Gasteiger partial charge is 0.225 e. The molecule has 0 fully saturated rings. The Morgan fingerprint density at radius 1 is 1.53 bits per heavy atom. The topological polar surface area (TPSA) is 52.8 Å². The molecule has 0 saturated heterocycles. The van der Waals surface area contributed by atoms with Crippen molar-refractivity contribution in [1.82, 2.24) is 9.97 Å². The van der Waals surface area contributed by atoms with E-state index >= 15 is 0 Å². The lowest BCUT2D eigenvalue weighted by atomic mass is 10.2. The van der Waals surface area contributed by atoms with Gasteiger partial charge in [-0.25, -0.2) is 9.97 Å². The standard InChI is InChI=1S/C10H13ClN4/c1-8(3-4-12)15(2)10-13-6-9(5-11)7-14-10/h6-8H,3,5H2,1-2H3. The van der Waals surface area contributed by atoms with Crippen molar-refractivity contribution >= 4 is 17.5 Å². The maximum atomic E-state index is 8.58. The summed E-state index contributed by atoms with van der Waals surface area (Å²) in [6.45, 7) is 1.96. The van der Waals surface area contributed by atoms with Crippen LogP contribution in [0.1, 0.15) is 18.9 Å². The van der Waals surface area contributed by atoms with Gasteiger partial charge >= 0.3 is 0 Å². The minimum Gasteiger partial charge on any atom is -0.340 e. The number of alkyl halides is 1. The van der Waals surface area contributed by atoms with Gasteiger partial charge in [0.05, 0.1) is 18.4 Å². The Morgan fingerprint density at radius 3 is 2.60 bits per heavy atom. The summed E-state index contributed by atoms with van der Waals surface area (Å²) in [5, 5.41) is 8.58. The van der Waals surface area contributed by atoms with Crippen molar-refractivity contribution < 1.29 is 0 Å². The van der Waals surface area contributed by atoms with Crippen LogP contribution in [0.4, 0.5) is 5.95 Å². The number of rotatable bonds is 4. The third-order valence-electron chi connectivity index (χ3n) is 2.21. The molecular formula is C10H13ClN4. The first-order valence-electron chi connectivity index (χ1n) is 4.65. The first kappa shape index (κ1) is 11.7. The molecule has 1 atom stereocenters. The van der Waals surface area contributed by atoms with Gasteiger partial charge in [0.25, 0.3) is 0 Å². The highest BCUT2D eigenvalue weighted by atomic mass is 35.5. The van der Waals surface area contributed by atoms with Gasteiger partial charge < -0.3 is 4.90 Å². The van der Waals surface area contributed by atoms with E-state index in [0.29, 0.717) is 18.2 Å². The fourth-order valence-corrected chi connectivity index (χ4v) is 1.20. The monoisotopic (exact) mass is 224 g/mol. The number of hydrogen-bond donors (Lipinski definition) is 0. The van der Waals surface area contributed by atoms with Crippen molar-refractivity contribution in [3.8, 4) is 6.07 Å². The van der Waals surface area contributed by atoms with Crippen LogP contribution in [0.3, 0.4) is 0 Å². The van der Waals surface area contributed by atoms with Crippen LogP contribution in [0.15, 0.2) is 12.4 Å². The molecule has 0 bridgehead atoms. The van der Waals surface area contributed by atoms with Crippen LogP contribution in [-0.4, -0.2) is 23.1 Å². The summed E-state index contributed by atoms with van der Waals surface area (Å²) in [6.07, 6.45) is 3.85. The van der Waals surface area contributed by atoms with E-state index in [4.69, 9.17) is 16.9 Å². The van der Waals surface area contributed by atoms with Gasteiger partial charge in [-0.1, -0.05) is 0 Å². The molecule has 15 heavy (non-hydrogen) atoms. The highest BCUT2D eigenvalue weighted by Crippen LogP contribution is 2.11. The fourth-order valence-electron chi connectivity index (χ4n) is 1.07. The van der Waals surface area contributed by atoms with Gasteiger partial charge in [0.2, 0.25) is 5.95 Å². The predicted molar refractivity (Wildman–Crippen MR) is 59.7 cm³/mol. The van der Waals surface area contributed by atoms with Gasteiger partial charge in [-0.15, -0.1) is 11.6 Å². The summed E-state index contributed by atoms with van der Waals surface area (Å²) >= 11 is 5.63. The van der Waals surface area contributed by atoms with Crippen molar-refractivity contribution in [2.45, 2.75) is 25.3 Å². The molecule has 0 aliphatic heterocycles. The van der Waals surface area contributed by atoms with Crippen molar-refractivity contribution in [3.63, 3.8) is 0 Å². The van der Waals surface area contributed by atoms with Crippen LogP contribution in [-0.2, 0) is 5.88 Å². The molecule has 1 rings (SSSR count). The molecule has 4 nitrogen and oxygen atoms in total. The van der Waals surface area contributed by atoms with E-state index < -0.39 is 0 Å².